The Labute approximate surface area is 219 Å². The smallest absolute Gasteiger partial charge is 0.226 e. The molecule has 39 heavy (non-hydrogen) atoms. The van der Waals surface area contributed by atoms with E-state index in [9.17, 15) is 28.1 Å². The normalized spacial score (nSPS) is 15.2. The summed E-state index contributed by atoms with van der Waals surface area (Å²) in [5.74, 6) is -0.539. The van der Waals surface area contributed by atoms with Crippen molar-refractivity contribution in [2.45, 2.75) is 6.18 Å². The number of halogens is 4. The van der Waals surface area contributed by atoms with Gasteiger partial charge in [-0.3, -0.25) is 0 Å². The predicted molar refractivity (Wildman–Crippen MR) is 136 cm³/mol. The molecule has 8 heteroatoms. The van der Waals surface area contributed by atoms with Crippen molar-refractivity contribution in [1.29, 1.82) is 10.5 Å². The van der Waals surface area contributed by atoms with Crippen molar-refractivity contribution in [1.82, 2.24) is 0 Å². The van der Waals surface area contributed by atoms with E-state index in [0.29, 0.717) is 49.7 Å². The first-order chi connectivity index (χ1) is 18.7. The highest BCUT2D eigenvalue weighted by Gasteiger charge is 2.36. The van der Waals surface area contributed by atoms with Crippen LogP contribution in [0.5, 0.6) is 0 Å². The third kappa shape index (κ3) is 3.20. The molecule has 4 nitrogen and oxygen atoms in total. The van der Waals surface area contributed by atoms with E-state index in [4.69, 9.17) is 13.1 Å². The van der Waals surface area contributed by atoms with Crippen molar-refractivity contribution >= 4 is 21.9 Å². The summed E-state index contributed by atoms with van der Waals surface area (Å²) in [6.07, 6.45) is -4.63. The number of fused-ring (bicyclic) bond motifs is 9. The standard InChI is InChI=1S/C31H10F4N4/c1-38-25(13-36)29-23-11-15(31(33,34)35)3-5-17(23)19-7-9-22-21(27(19)29)10-8-20-18-6-4-16(32)12-24(18)30(28(20)22)26(14-37)39-2/h3-12H/b29-25-,30-26+. The minimum atomic E-state index is -4.63. The largest absolute Gasteiger partial charge is 0.416 e. The monoisotopic (exact) mass is 514 g/mol. The number of nitriles is 2. The van der Waals surface area contributed by atoms with Gasteiger partial charge in [0.1, 0.15) is 5.82 Å². The highest BCUT2D eigenvalue weighted by atomic mass is 19.4. The average Bonchev–Trinajstić information content (AvgIpc) is 3.42. The Hall–Kier alpha value is -5.70. The lowest BCUT2D eigenvalue weighted by atomic mass is 9.90. The van der Waals surface area contributed by atoms with Gasteiger partial charge in [-0.15, -0.1) is 0 Å². The van der Waals surface area contributed by atoms with Crippen LogP contribution in [0.2, 0.25) is 0 Å². The molecule has 0 aromatic heterocycles. The average molecular weight is 514 g/mol. The fourth-order valence-corrected chi connectivity index (χ4v) is 5.55. The summed E-state index contributed by atoms with van der Waals surface area (Å²) in [6.45, 7) is 15.1. The molecule has 2 aliphatic carbocycles. The van der Waals surface area contributed by atoms with E-state index >= 15 is 0 Å². The lowest BCUT2D eigenvalue weighted by Crippen LogP contribution is -2.05. The molecule has 0 N–H and O–H groups in total. The maximum atomic E-state index is 14.3. The number of rotatable bonds is 0. The Morgan fingerprint density at radius 1 is 0.641 bits per heavy atom. The van der Waals surface area contributed by atoms with E-state index in [2.05, 4.69) is 9.69 Å². The zero-order valence-corrected chi connectivity index (χ0v) is 19.6. The molecule has 0 amide bonds. The van der Waals surface area contributed by atoms with E-state index in [-0.39, 0.29) is 28.1 Å². The Morgan fingerprint density at radius 2 is 1.10 bits per heavy atom. The van der Waals surface area contributed by atoms with Crippen molar-refractivity contribution in [3.63, 3.8) is 0 Å². The van der Waals surface area contributed by atoms with Crippen molar-refractivity contribution in [2.75, 3.05) is 0 Å². The molecule has 0 spiro atoms. The Kier molecular flexibility index (Phi) is 4.95. The van der Waals surface area contributed by atoms with Gasteiger partial charge in [-0.05, 0) is 79.5 Å². The quantitative estimate of drug-likeness (QED) is 0.116. The van der Waals surface area contributed by atoms with Crippen LogP contribution in [-0.4, -0.2) is 0 Å². The van der Waals surface area contributed by atoms with Crippen LogP contribution in [0.4, 0.5) is 17.6 Å². The van der Waals surface area contributed by atoms with Gasteiger partial charge >= 0.3 is 6.18 Å². The molecule has 0 bridgehead atoms. The summed E-state index contributed by atoms with van der Waals surface area (Å²) in [5.41, 5.74) is 2.58. The van der Waals surface area contributed by atoms with Gasteiger partial charge in [-0.1, -0.05) is 36.4 Å². The molecule has 4 aromatic rings. The van der Waals surface area contributed by atoms with Gasteiger partial charge in [0.25, 0.3) is 11.4 Å². The lowest BCUT2D eigenvalue weighted by Gasteiger charge is -2.13. The molecule has 0 unspecified atom stereocenters. The van der Waals surface area contributed by atoms with Crippen LogP contribution in [0.3, 0.4) is 0 Å². The summed E-state index contributed by atoms with van der Waals surface area (Å²) in [7, 11) is 0. The zero-order chi connectivity index (χ0) is 27.6. The molecule has 0 aliphatic heterocycles. The molecular formula is C31H10F4N4. The number of nitrogens with zero attached hydrogens (tertiary/aromatic N) is 4. The predicted octanol–water partition coefficient (Wildman–Crippen LogP) is 8.36. The van der Waals surface area contributed by atoms with Gasteiger partial charge in [-0.25, -0.2) is 24.6 Å². The molecule has 0 radical (unpaired) electrons. The molecule has 0 saturated carbocycles. The Morgan fingerprint density at radius 3 is 1.56 bits per heavy atom. The molecule has 6 rings (SSSR count). The van der Waals surface area contributed by atoms with Crippen molar-refractivity contribution in [3.8, 4) is 34.4 Å². The summed E-state index contributed by atoms with van der Waals surface area (Å²) in [4.78, 5) is 6.70. The number of hydrogen-bond donors (Lipinski definition) is 0. The molecule has 0 heterocycles. The van der Waals surface area contributed by atoms with Gasteiger partial charge < -0.3 is 0 Å². The van der Waals surface area contributed by atoms with E-state index in [0.717, 1.165) is 12.1 Å². The zero-order valence-electron chi connectivity index (χ0n) is 19.6. The van der Waals surface area contributed by atoms with Crippen molar-refractivity contribution in [3.05, 3.63) is 129 Å². The molecule has 0 saturated heterocycles. The van der Waals surface area contributed by atoms with Gasteiger partial charge in [0.05, 0.1) is 30.8 Å². The molecule has 0 fully saturated rings. The summed E-state index contributed by atoms with van der Waals surface area (Å²) in [5, 5.41) is 20.6. The minimum Gasteiger partial charge on any atom is -0.226 e. The van der Waals surface area contributed by atoms with E-state index < -0.39 is 17.6 Å². The van der Waals surface area contributed by atoms with Gasteiger partial charge in [0.15, 0.2) is 0 Å². The summed E-state index contributed by atoms with van der Waals surface area (Å²) in [6, 6.07) is 18.0. The van der Waals surface area contributed by atoms with Crippen molar-refractivity contribution < 1.29 is 17.6 Å². The third-order valence-electron chi connectivity index (χ3n) is 7.06. The number of benzene rings is 4. The van der Waals surface area contributed by atoms with Crippen LogP contribution in [0.15, 0.2) is 72.1 Å². The number of alkyl halides is 3. The maximum absolute atomic E-state index is 14.3. The highest BCUT2D eigenvalue weighted by Crippen LogP contribution is 2.54. The van der Waals surface area contributed by atoms with E-state index in [1.807, 2.05) is 12.1 Å². The molecule has 2 aliphatic rings. The van der Waals surface area contributed by atoms with Gasteiger partial charge in [0.2, 0.25) is 0 Å². The van der Waals surface area contributed by atoms with Crippen molar-refractivity contribution in [2.24, 2.45) is 0 Å². The second-order valence-corrected chi connectivity index (χ2v) is 8.91. The first kappa shape index (κ1) is 23.7. The lowest BCUT2D eigenvalue weighted by molar-refractivity contribution is -0.137. The summed E-state index contributed by atoms with van der Waals surface area (Å²) < 4.78 is 55.1. The molecule has 182 valence electrons. The van der Waals surface area contributed by atoms with Crippen LogP contribution >= 0.6 is 0 Å². The van der Waals surface area contributed by atoms with Gasteiger partial charge in [0, 0.05) is 11.1 Å². The fourth-order valence-electron chi connectivity index (χ4n) is 5.55. The van der Waals surface area contributed by atoms with Crippen LogP contribution in [0.25, 0.3) is 53.9 Å². The Balaban J connectivity index is 1.76. The van der Waals surface area contributed by atoms with Crippen LogP contribution in [-0.2, 0) is 6.18 Å². The first-order valence-corrected chi connectivity index (χ1v) is 11.4. The van der Waals surface area contributed by atoms with Crippen LogP contribution < -0.4 is 0 Å². The molecule has 4 aromatic carbocycles. The van der Waals surface area contributed by atoms with Crippen LogP contribution in [0.1, 0.15) is 27.8 Å². The molecule has 0 atom stereocenters. The second-order valence-electron chi connectivity index (χ2n) is 8.91. The fraction of sp³-hybridized carbons (Fsp3) is 0.0323. The van der Waals surface area contributed by atoms with Gasteiger partial charge in [-0.2, -0.15) is 13.2 Å². The SMILES string of the molecule is [C-]#[N+]/C(C#N)=C1/c2cc(C(F)(F)F)ccc2-c2ccc3c4c(ccc3c21)-c1ccc(F)cc1/C4=C(/C#N)[N+]#[C-]. The second kappa shape index (κ2) is 8.15. The summed E-state index contributed by atoms with van der Waals surface area (Å²) >= 11 is 0. The van der Waals surface area contributed by atoms with E-state index in [1.165, 1.54) is 18.2 Å². The Bertz CT molecular complexity index is 2020. The highest BCUT2D eigenvalue weighted by molar-refractivity contribution is 6.18. The first-order valence-electron chi connectivity index (χ1n) is 11.4. The molecular weight excluding hydrogens is 504 g/mol. The third-order valence-corrected chi connectivity index (χ3v) is 7.06. The van der Waals surface area contributed by atoms with E-state index in [1.54, 1.807) is 30.3 Å². The number of hydrogen-bond acceptors (Lipinski definition) is 2. The number of allylic oxidation sites excluding steroid dienone is 2. The maximum Gasteiger partial charge on any atom is 0.416 e. The minimum absolute atomic E-state index is 0.0897. The van der Waals surface area contributed by atoms with Crippen LogP contribution in [0, 0.1) is 41.6 Å². The topological polar surface area (TPSA) is 56.3 Å².